The summed E-state index contributed by atoms with van der Waals surface area (Å²) in [5, 5.41) is 11.8. The fourth-order valence-electron chi connectivity index (χ4n) is 1.55. The van der Waals surface area contributed by atoms with E-state index in [1.165, 1.54) is 6.20 Å². The molecule has 1 aromatic rings. The van der Waals surface area contributed by atoms with Gasteiger partial charge < -0.3 is 10.4 Å². The molecule has 0 atom stereocenters. The Bertz CT molecular complexity index is 501. The van der Waals surface area contributed by atoms with E-state index in [1.54, 1.807) is 26.8 Å². The molecule has 0 saturated heterocycles. The summed E-state index contributed by atoms with van der Waals surface area (Å²) in [6.07, 6.45) is 1.75. The Morgan fingerprint density at radius 3 is 2.63 bits per heavy atom. The molecule has 6 heteroatoms. The molecule has 19 heavy (non-hydrogen) atoms. The molecular formula is C13H17ClN2O3. The van der Waals surface area contributed by atoms with E-state index < -0.39 is 11.5 Å². The zero-order valence-corrected chi connectivity index (χ0v) is 11.9. The second-order valence-corrected chi connectivity index (χ2v) is 5.44. The lowest BCUT2D eigenvalue weighted by atomic mass is 9.98. The Balaban J connectivity index is 2.75. The van der Waals surface area contributed by atoms with Crippen LogP contribution in [0.2, 0.25) is 5.02 Å². The number of halogens is 1. The second-order valence-electron chi connectivity index (χ2n) is 5.04. The third-order valence-corrected chi connectivity index (χ3v) is 2.96. The molecule has 104 valence electrons. The number of aliphatic carboxylic acids is 1. The van der Waals surface area contributed by atoms with Crippen LogP contribution in [0.25, 0.3) is 0 Å². The van der Waals surface area contributed by atoms with Crippen molar-refractivity contribution in [2.75, 3.05) is 0 Å². The van der Waals surface area contributed by atoms with Crippen LogP contribution in [0.5, 0.6) is 0 Å². The van der Waals surface area contributed by atoms with Crippen molar-refractivity contribution in [1.29, 1.82) is 0 Å². The molecule has 1 rings (SSSR count). The van der Waals surface area contributed by atoms with Gasteiger partial charge in [0.15, 0.2) is 0 Å². The minimum Gasteiger partial charge on any atom is -0.481 e. The Morgan fingerprint density at radius 2 is 2.11 bits per heavy atom. The number of aryl methyl sites for hydroxylation is 1. The highest BCUT2D eigenvalue weighted by atomic mass is 35.5. The number of rotatable bonds is 5. The fourth-order valence-corrected chi connectivity index (χ4v) is 1.84. The number of nitrogens with zero attached hydrogens (tertiary/aromatic N) is 1. The van der Waals surface area contributed by atoms with Crippen LogP contribution in [0.15, 0.2) is 12.3 Å². The van der Waals surface area contributed by atoms with Gasteiger partial charge in [0.1, 0.15) is 0 Å². The quantitative estimate of drug-likeness (QED) is 0.870. The first-order chi connectivity index (χ1) is 8.71. The molecule has 5 nitrogen and oxygen atoms in total. The fraction of sp³-hybridized carbons (Fsp3) is 0.462. The molecule has 0 aliphatic rings. The Kier molecular flexibility index (Phi) is 4.89. The number of carboxylic acid groups (broad SMARTS) is 1. The van der Waals surface area contributed by atoms with Gasteiger partial charge in [0.05, 0.1) is 10.6 Å². The molecule has 1 heterocycles. The monoisotopic (exact) mass is 284 g/mol. The number of pyridine rings is 1. The van der Waals surface area contributed by atoms with Crippen molar-refractivity contribution in [2.45, 2.75) is 39.2 Å². The van der Waals surface area contributed by atoms with E-state index in [4.69, 9.17) is 16.7 Å². The summed E-state index contributed by atoms with van der Waals surface area (Å²) in [6.45, 7) is 5.32. The number of hydrogen-bond acceptors (Lipinski definition) is 3. The van der Waals surface area contributed by atoms with Gasteiger partial charge >= 0.3 is 5.97 Å². The zero-order valence-electron chi connectivity index (χ0n) is 11.2. The molecule has 1 aromatic heterocycles. The van der Waals surface area contributed by atoms with Gasteiger partial charge in [0, 0.05) is 23.9 Å². The molecular weight excluding hydrogens is 268 g/mol. The van der Waals surface area contributed by atoms with E-state index >= 15 is 0 Å². The number of carbonyl (C=O) groups is 2. The van der Waals surface area contributed by atoms with Crippen LogP contribution in [0, 0.1) is 6.92 Å². The molecule has 0 radical (unpaired) electrons. The summed E-state index contributed by atoms with van der Waals surface area (Å²) in [6, 6.07) is 1.61. The van der Waals surface area contributed by atoms with Crippen molar-refractivity contribution in [3.8, 4) is 0 Å². The van der Waals surface area contributed by atoms with Crippen molar-refractivity contribution in [3.63, 3.8) is 0 Å². The number of hydrogen-bond donors (Lipinski definition) is 2. The molecule has 0 aliphatic carbocycles. The Labute approximate surface area is 117 Å². The van der Waals surface area contributed by atoms with Gasteiger partial charge in [0.2, 0.25) is 0 Å². The summed E-state index contributed by atoms with van der Waals surface area (Å²) >= 11 is 5.99. The summed E-state index contributed by atoms with van der Waals surface area (Å²) in [5.74, 6) is -1.25. The van der Waals surface area contributed by atoms with Gasteiger partial charge in [-0.15, -0.1) is 0 Å². The highest BCUT2D eigenvalue weighted by Crippen LogP contribution is 2.18. The van der Waals surface area contributed by atoms with Gasteiger partial charge in [-0.3, -0.25) is 14.6 Å². The summed E-state index contributed by atoms with van der Waals surface area (Å²) in [7, 11) is 0. The first-order valence-electron chi connectivity index (χ1n) is 5.88. The van der Waals surface area contributed by atoms with E-state index in [0.717, 1.165) is 5.69 Å². The molecule has 0 unspecified atom stereocenters. The van der Waals surface area contributed by atoms with Gasteiger partial charge in [-0.1, -0.05) is 11.6 Å². The molecule has 0 spiro atoms. The minimum absolute atomic E-state index is 0.00679. The highest BCUT2D eigenvalue weighted by Gasteiger charge is 2.23. The molecule has 1 amide bonds. The number of amides is 1. The van der Waals surface area contributed by atoms with Gasteiger partial charge in [0.25, 0.3) is 5.91 Å². The number of aromatic nitrogens is 1. The van der Waals surface area contributed by atoms with E-state index in [2.05, 4.69) is 10.3 Å². The summed E-state index contributed by atoms with van der Waals surface area (Å²) in [5.41, 5.74) is 0.395. The van der Waals surface area contributed by atoms with Crippen LogP contribution < -0.4 is 5.32 Å². The number of carbonyl (C=O) groups excluding carboxylic acids is 1. The van der Waals surface area contributed by atoms with E-state index in [1.807, 2.05) is 0 Å². The van der Waals surface area contributed by atoms with Crippen molar-refractivity contribution in [2.24, 2.45) is 0 Å². The largest absolute Gasteiger partial charge is 0.481 e. The lowest BCUT2D eigenvalue weighted by Crippen LogP contribution is -2.43. The van der Waals surface area contributed by atoms with Crippen LogP contribution in [-0.4, -0.2) is 27.5 Å². The van der Waals surface area contributed by atoms with E-state index in [-0.39, 0.29) is 17.9 Å². The maximum atomic E-state index is 12.1. The van der Waals surface area contributed by atoms with Gasteiger partial charge in [-0.25, -0.2) is 0 Å². The highest BCUT2D eigenvalue weighted by molar-refractivity contribution is 6.33. The van der Waals surface area contributed by atoms with Crippen LogP contribution in [0.1, 0.15) is 42.7 Å². The second kappa shape index (κ2) is 6.02. The predicted octanol–water partition coefficient (Wildman–Crippen LogP) is 2.42. The predicted molar refractivity (Wildman–Crippen MR) is 72.4 cm³/mol. The molecule has 0 aliphatic heterocycles. The zero-order chi connectivity index (χ0) is 14.6. The molecule has 0 bridgehead atoms. The van der Waals surface area contributed by atoms with Crippen LogP contribution in [0.3, 0.4) is 0 Å². The van der Waals surface area contributed by atoms with Crippen LogP contribution in [-0.2, 0) is 4.79 Å². The normalized spacial score (nSPS) is 11.2. The smallest absolute Gasteiger partial charge is 0.303 e. The Hall–Kier alpha value is -1.62. The van der Waals surface area contributed by atoms with Crippen LogP contribution >= 0.6 is 11.6 Å². The van der Waals surface area contributed by atoms with Crippen molar-refractivity contribution in [1.82, 2.24) is 10.3 Å². The minimum atomic E-state index is -0.891. The number of nitrogens with one attached hydrogen (secondary N) is 1. The maximum absolute atomic E-state index is 12.1. The van der Waals surface area contributed by atoms with Crippen LogP contribution in [0.4, 0.5) is 0 Å². The molecule has 0 aromatic carbocycles. The first-order valence-corrected chi connectivity index (χ1v) is 6.25. The topological polar surface area (TPSA) is 79.3 Å². The molecule has 0 fully saturated rings. The molecule has 2 N–H and O–H groups in total. The van der Waals surface area contributed by atoms with Crippen molar-refractivity contribution in [3.05, 3.63) is 28.5 Å². The average Bonchev–Trinajstić information content (AvgIpc) is 2.25. The lowest BCUT2D eigenvalue weighted by Gasteiger charge is -2.25. The SMILES string of the molecule is Cc1cc(Cl)c(C(=O)NC(C)(C)CCC(=O)O)cn1. The summed E-state index contributed by atoms with van der Waals surface area (Å²) in [4.78, 5) is 26.6. The third-order valence-electron chi connectivity index (χ3n) is 2.65. The average molecular weight is 285 g/mol. The van der Waals surface area contributed by atoms with E-state index in [9.17, 15) is 9.59 Å². The van der Waals surface area contributed by atoms with Crippen molar-refractivity contribution < 1.29 is 14.7 Å². The van der Waals surface area contributed by atoms with Gasteiger partial charge in [-0.2, -0.15) is 0 Å². The third kappa shape index (κ3) is 4.87. The first kappa shape index (κ1) is 15.4. The Morgan fingerprint density at radius 1 is 1.47 bits per heavy atom. The molecule has 0 saturated carbocycles. The standard InChI is InChI=1S/C13H17ClN2O3/c1-8-6-10(14)9(7-15-8)12(19)16-13(2,3)5-4-11(17)18/h6-7H,4-5H2,1-3H3,(H,16,19)(H,17,18). The lowest BCUT2D eigenvalue weighted by molar-refractivity contribution is -0.137. The maximum Gasteiger partial charge on any atom is 0.303 e. The number of carboxylic acids is 1. The van der Waals surface area contributed by atoms with E-state index in [0.29, 0.717) is 11.4 Å². The van der Waals surface area contributed by atoms with Gasteiger partial charge in [-0.05, 0) is 33.3 Å². The summed E-state index contributed by atoms with van der Waals surface area (Å²) < 4.78 is 0. The van der Waals surface area contributed by atoms with Crippen molar-refractivity contribution >= 4 is 23.5 Å².